The molecule has 0 amide bonds. The number of hydrogen-bond donors (Lipinski definition) is 1. The van der Waals surface area contributed by atoms with E-state index in [9.17, 15) is 0 Å². The third-order valence-electron chi connectivity index (χ3n) is 3.61. The molecule has 1 aliphatic carbocycles. The molecule has 0 atom stereocenters. The minimum Gasteiger partial charge on any atom is -0.496 e. The van der Waals surface area contributed by atoms with E-state index in [1.165, 1.54) is 24.1 Å². The van der Waals surface area contributed by atoms with Crippen LogP contribution >= 0.6 is 11.3 Å². The van der Waals surface area contributed by atoms with Crippen molar-refractivity contribution in [2.75, 3.05) is 12.4 Å². The van der Waals surface area contributed by atoms with Crippen LogP contribution in [0, 0.1) is 0 Å². The molecule has 18 heavy (non-hydrogen) atoms. The quantitative estimate of drug-likeness (QED) is 0.892. The standard InChI is InChI=1S/C15H17NOS/c1-17-15-5-3-2-4-14(15)11-8-13(9-11)16-12-6-7-18-10-12/h2-7,10-11,13,16H,8-9H2,1H3. The van der Waals surface area contributed by atoms with Crippen molar-refractivity contribution in [3.05, 3.63) is 46.7 Å². The average molecular weight is 259 g/mol. The Balaban J connectivity index is 1.61. The van der Waals surface area contributed by atoms with Crippen molar-refractivity contribution < 1.29 is 4.74 Å². The number of rotatable bonds is 4. The Hall–Kier alpha value is -1.48. The fourth-order valence-corrected chi connectivity index (χ4v) is 3.17. The van der Waals surface area contributed by atoms with Crippen molar-refractivity contribution in [3.8, 4) is 5.75 Å². The Morgan fingerprint density at radius 3 is 2.78 bits per heavy atom. The van der Waals surface area contributed by atoms with Crippen molar-refractivity contribution in [2.24, 2.45) is 0 Å². The minimum absolute atomic E-state index is 0.606. The fraction of sp³-hybridized carbons (Fsp3) is 0.333. The molecule has 1 aromatic carbocycles. The summed E-state index contributed by atoms with van der Waals surface area (Å²) in [5.41, 5.74) is 2.60. The molecule has 1 aliphatic rings. The van der Waals surface area contributed by atoms with Crippen LogP contribution in [0.25, 0.3) is 0 Å². The molecular formula is C15H17NOS. The van der Waals surface area contributed by atoms with Gasteiger partial charge in [-0.25, -0.2) is 0 Å². The highest BCUT2D eigenvalue weighted by Crippen LogP contribution is 2.42. The third-order valence-corrected chi connectivity index (χ3v) is 4.29. The lowest BCUT2D eigenvalue weighted by Gasteiger charge is -2.37. The summed E-state index contributed by atoms with van der Waals surface area (Å²) in [5, 5.41) is 7.84. The van der Waals surface area contributed by atoms with Crippen LogP contribution in [0.15, 0.2) is 41.1 Å². The second kappa shape index (κ2) is 5.02. The van der Waals surface area contributed by atoms with Gasteiger partial charge >= 0.3 is 0 Å². The van der Waals surface area contributed by atoms with E-state index in [2.05, 4.69) is 40.3 Å². The van der Waals surface area contributed by atoms with Crippen LogP contribution in [-0.4, -0.2) is 13.2 Å². The Kier molecular flexibility index (Phi) is 3.24. The first-order valence-corrected chi connectivity index (χ1v) is 7.22. The van der Waals surface area contributed by atoms with E-state index < -0.39 is 0 Å². The van der Waals surface area contributed by atoms with Crippen LogP contribution < -0.4 is 10.1 Å². The summed E-state index contributed by atoms with van der Waals surface area (Å²) in [5.74, 6) is 1.66. The van der Waals surface area contributed by atoms with Gasteiger partial charge in [-0.05, 0) is 41.8 Å². The van der Waals surface area contributed by atoms with Gasteiger partial charge in [0.15, 0.2) is 0 Å². The average Bonchev–Trinajstić information content (AvgIpc) is 2.86. The van der Waals surface area contributed by atoms with Gasteiger partial charge < -0.3 is 10.1 Å². The molecule has 1 fully saturated rings. The van der Waals surface area contributed by atoms with Gasteiger partial charge in [0.05, 0.1) is 7.11 Å². The Bertz CT molecular complexity index is 503. The summed E-state index contributed by atoms with van der Waals surface area (Å²) in [6.45, 7) is 0. The summed E-state index contributed by atoms with van der Waals surface area (Å²) in [6.07, 6.45) is 2.38. The molecule has 2 aromatic rings. The molecule has 0 saturated heterocycles. The van der Waals surface area contributed by atoms with Crippen molar-refractivity contribution >= 4 is 17.0 Å². The van der Waals surface area contributed by atoms with Gasteiger partial charge in [0, 0.05) is 17.1 Å². The number of methoxy groups -OCH3 is 1. The number of hydrogen-bond acceptors (Lipinski definition) is 3. The predicted octanol–water partition coefficient (Wildman–Crippen LogP) is 4.11. The van der Waals surface area contributed by atoms with Crippen LogP contribution in [0.2, 0.25) is 0 Å². The molecule has 0 spiro atoms. The SMILES string of the molecule is COc1ccccc1C1CC(Nc2ccsc2)C1. The Labute approximate surface area is 112 Å². The zero-order valence-electron chi connectivity index (χ0n) is 10.4. The molecule has 1 saturated carbocycles. The van der Waals surface area contributed by atoms with Crippen molar-refractivity contribution in [1.82, 2.24) is 0 Å². The lowest BCUT2D eigenvalue weighted by molar-refractivity contribution is 0.350. The van der Waals surface area contributed by atoms with Crippen LogP contribution in [0.5, 0.6) is 5.75 Å². The summed E-state index contributed by atoms with van der Waals surface area (Å²) < 4.78 is 5.42. The lowest BCUT2D eigenvalue weighted by Crippen LogP contribution is -2.34. The Morgan fingerprint density at radius 2 is 2.06 bits per heavy atom. The predicted molar refractivity (Wildman–Crippen MR) is 76.7 cm³/mol. The smallest absolute Gasteiger partial charge is 0.122 e. The zero-order valence-corrected chi connectivity index (χ0v) is 11.2. The van der Waals surface area contributed by atoms with Crippen LogP contribution in [0.1, 0.15) is 24.3 Å². The van der Waals surface area contributed by atoms with Gasteiger partial charge in [0.2, 0.25) is 0 Å². The van der Waals surface area contributed by atoms with Crippen molar-refractivity contribution in [3.63, 3.8) is 0 Å². The molecular weight excluding hydrogens is 242 g/mol. The van der Waals surface area contributed by atoms with E-state index in [-0.39, 0.29) is 0 Å². The number of benzene rings is 1. The van der Waals surface area contributed by atoms with Gasteiger partial charge in [0.1, 0.15) is 5.75 Å². The van der Waals surface area contributed by atoms with Crippen molar-refractivity contribution in [1.29, 1.82) is 0 Å². The van der Waals surface area contributed by atoms with Crippen LogP contribution in [0.4, 0.5) is 5.69 Å². The van der Waals surface area contributed by atoms with Gasteiger partial charge in [0.25, 0.3) is 0 Å². The van der Waals surface area contributed by atoms with Gasteiger partial charge in [-0.3, -0.25) is 0 Å². The molecule has 0 radical (unpaired) electrons. The van der Waals surface area contributed by atoms with E-state index in [0.717, 1.165) is 5.75 Å². The molecule has 1 N–H and O–H groups in total. The van der Waals surface area contributed by atoms with E-state index in [4.69, 9.17) is 4.74 Å². The first-order chi connectivity index (χ1) is 8.86. The number of ether oxygens (including phenoxy) is 1. The molecule has 0 aliphatic heterocycles. The zero-order chi connectivity index (χ0) is 12.4. The highest BCUT2D eigenvalue weighted by molar-refractivity contribution is 7.08. The maximum absolute atomic E-state index is 5.42. The maximum atomic E-state index is 5.42. The van der Waals surface area contributed by atoms with Gasteiger partial charge in [-0.2, -0.15) is 11.3 Å². The topological polar surface area (TPSA) is 21.3 Å². The lowest BCUT2D eigenvalue weighted by atomic mass is 9.75. The van der Waals surface area contributed by atoms with Crippen LogP contribution in [-0.2, 0) is 0 Å². The van der Waals surface area contributed by atoms with Crippen LogP contribution in [0.3, 0.4) is 0 Å². The minimum atomic E-state index is 0.606. The summed E-state index contributed by atoms with van der Waals surface area (Å²) in [7, 11) is 1.75. The fourth-order valence-electron chi connectivity index (χ4n) is 2.58. The molecule has 3 rings (SSSR count). The monoisotopic (exact) mass is 259 g/mol. The number of anilines is 1. The summed E-state index contributed by atoms with van der Waals surface area (Å²) in [6, 6.07) is 11.1. The normalized spacial score (nSPS) is 22.3. The molecule has 0 bridgehead atoms. The van der Waals surface area contributed by atoms with E-state index in [0.29, 0.717) is 12.0 Å². The number of para-hydroxylation sites is 1. The largest absolute Gasteiger partial charge is 0.496 e. The summed E-state index contributed by atoms with van der Waals surface area (Å²) >= 11 is 1.74. The Morgan fingerprint density at radius 1 is 1.22 bits per heavy atom. The molecule has 3 heteroatoms. The second-order valence-electron chi connectivity index (χ2n) is 4.76. The molecule has 1 aromatic heterocycles. The van der Waals surface area contributed by atoms with E-state index >= 15 is 0 Å². The summed E-state index contributed by atoms with van der Waals surface area (Å²) in [4.78, 5) is 0. The maximum Gasteiger partial charge on any atom is 0.122 e. The molecule has 0 unspecified atom stereocenters. The highest BCUT2D eigenvalue weighted by atomic mass is 32.1. The van der Waals surface area contributed by atoms with E-state index in [1.807, 2.05) is 6.07 Å². The van der Waals surface area contributed by atoms with Gasteiger partial charge in [-0.15, -0.1) is 0 Å². The highest BCUT2D eigenvalue weighted by Gasteiger charge is 2.31. The second-order valence-corrected chi connectivity index (χ2v) is 5.54. The van der Waals surface area contributed by atoms with E-state index in [1.54, 1.807) is 18.4 Å². The molecule has 1 heterocycles. The third kappa shape index (κ3) is 2.23. The number of nitrogens with one attached hydrogen (secondary N) is 1. The number of thiophene rings is 1. The first-order valence-electron chi connectivity index (χ1n) is 6.28. The van der Waals surface area contributed by atoms with Gasteiger partial charge in [-0.1, -0.05) is 18.2 Å². The molecule has 94 valence electrons. The molecule has 2 nitrogen and oxygen atoms in total. The van der Waals surface area contributed by atoms with Crippen molar-refractivity contribution in [2.45, 2.75) is 24.8 Å². The first kappa shape index (κ1) is 11.6.